The van der Waals surface area contributed by atoms with Gasteiger partial charge in [0.25, 0.3) is 0 Å². The molecule has 0 radical (unpaired) electrons. The van der Waals surface area contributed by atoms with Crippen LogP contribution in [0.1, 0.15) is 51.2 Å². The SMILES string of the molecule is CC(C)CCOc1ccc(C(O)(C(C)C)C(CN2CCOCC2)c2ccccc2)cc1.Cl. The van der Waals surface area contributed by atoms with Crippen molar-refractivity contribution in [2.45, 2.75) is 45.6 Å². The van der Waals surface area contributed by atoms with Crippen LogP contribution in [0.5, 0.6) is 5.75 Å². The number of benzene rings is 2. The van der Waals surface area contributed by atoms with Crippen molar-refractivity contribution in [3.05, 3.63) is 65.7 Å². The summed E-state index contributed by atoms with van der Waals surface area (Å²) in [4.78, 5) is 2.41. The Labute approximate surface area is 200 Å². The molecule has 1 N–H and O–H groups in total. The number of rotatable bonds is 10. The van der Waals surface area contributed by atoms with Gasteiger partial charge in [-0.1, -0.05) is 70.2 Å². The lowest BCUT2D eigenvalue weighted by atomic mass is 9.70. The average molecular weight is 462 g/mol. The lowest BCUT2D eigenvalue weighted by Crippen LogP contribution is -2.47. The molecule has 2 aromatic carbocycles. The third-order valence-corrected chi connectivity index (χ3v) is 6.44. The lowest BCUT2D eigenvalue weighted by molar-refractivity contribution is -0.0547. The summed E-state index contributed by atoms with van der Waals surface area (Å²) in [6.45, 7) is 13.5. The van der Waals surface area contributed by atoms with Gasteiger partial charge < -0.3 is 14.6 Å². The Kier molecular flexibility index (Phi) is 10.5. The summed E-state index contributed by atoms with van der Waals surface area (Å²) in [7, 11) is 0. The van der Waals surface area contributed by atoms with E-state index in [1.54, 1.807) is 0 Å². The van der Waals surface area contributed by atoms with Crippen LogP contribution in [0.25, 0.3) is 0 Å². The Morgan fingerprint density at radius 3 is 2.16 bits per heavy atom. The molecule has 1 saturated heterocycles. The molecule has 1 aliphatic heterocycles. The summed E-state index contributed by atoms with van der Waals surface area (Å²) >= 11 is 0. The van der Waals surface area contributed by atoms with Crippen LogP contribution in [0.4, 0.5) is 0 Å². The van der Waals surface area contributed by atoms with E-state index in [1.165, 1.54) is 5.56 Å². The number of hydrogen-bond donors (Lipinski definition) is 1. The van der Waals surface area contributed by atoms with E-state index < -0.39 is 5.60 Å². The third kappa shape index (κ3) is 6.71. The second-order valence-electron chi connectivity index (χ2n) is 9.41. The molecule has 2 aromatic rings. The van der Waals surface area contributed by atoms with E-state index in [9.17, 15) is 5.11 Å². The van der Waals surface area contributed by atoms with Gasteiger partial charge in [-0.05, 0) is 41.5 Å². The van der Waals surface area contributed by atoms with Crippen molar-refractivity contribution in [1.82, 2.24) is 4.90 Å². The first-order chi connectivity index (χ1) is 14.9. The highest BCUT2D eigenvalue weighted by Crippen LogP contribution is 2.43. The van der Waals surface area contributed by atoms with Crippen molar-refractivity contribution in [3.8, 4) is 5.75 Å². The molecule has 1 heterocycles. The molecule has 4 nitrogen and oxygen atoms in total. The van der Waals surface area contributed by atoms with Gasteiger partial charge in [0.2, 0.25) is 0 Å². The number of aliphatic hydroxyl groups is 1. The fourth-order valence-corrected chi connectivity index (χ4v) is 4.39. The Morgan fingerprint density at radius 1 is 0.969 bits per heavy atom. The highest BCUT2D eigenvalue weighted by molar-refractivity contribution is 5.85. The highest BCUT2D eigenvalue weighted by atomic mass is 35.5. The van der Waals surface area contributed by atoms with Crippen LogP contribution < -0.4 is 4.74 Å². The molecule has 0 amide bonds. The molecular formula is C27H40ClNO3. The van der Waals surface area contributed by atoms with Gasteiger partial charge in [-0.2, -0.15) is 0 Å². The topological polar surface area (TPSA) is 41.9 Å². The molecule has 32 heavy (non-hydrogen) atoms. The Balaban J connectivity index is 0.00000363. The summed E-state index contributed by atoms with van der Waals surface area (Å²) < 4.78 is 11.5. The first-order valence-electron chi connectivity index (χ1n) is 11.7. The van der Waals surface area contributed by atoms with Crippen LogP contribution in [-0.4, -0.2) is 49.5 Å². The maximum absolute atomic E-state index is 12.2. The zero-order valence-electron chi connectivity index (χ0n) is 20.0. The summed E-state index contributed by atoms with van der Waals surface area (Å²) in [5, 5.41) is 12.2. The molecular weight excluding hydrogens is 422 g/mol. The molecule has 0 spiro atoms. The zero-order chi connectivity index (χ0) is 22.3. The second-order valence-corrected chi connectivity index (χ2v) is 9.41. The van der Waals surface area contributed by atoms with E-state index in [2.05, 4.69) is 56.9 Å². The van der Waals surface area contributed by atoms with Gasteiger partial charge >= 0.3 is 0 Å². The quantitative estimate of drug-likeness (QED) is 0.507. The number of ether oxygens (including phenoxy) is 2. The predicted molar refractivity (Wildman–Crippen MR) is 134 cm³/mol. The first-order valence-corrected chi connectivity index (χ1v) is 11.7. The fourth-order valence-electron chi connectivity index (χ4n) is 4.39. The number of morpholine rings is 1. The van der Waals surface area contributed by atoms with Crippen molar-refractivity contribution in [2.24, 2.45) is 11.8 Å². The number of nitrogens with zero attached hydrogens (tertiary/aromatic N) is 1. The summed E-state index contributed by atoms with van der Waals surface area (Å²) in [6.07, 6.45) is 1.04. The van der Waals surface area contributed by atoms with Gasteiger partial charge in [-0.25, -0.2) is 0 Å². The van der Waals surface area contributed by atoms with Crippen LogP contribution >= 0.6 is 12.4 Å². The largest absolute Gasteiger partial charge is 0.494 e. The predicted octanol–water partition coefficient (Wildman–Crippen LogP) is 5.49. The van der Waals surface area contributed by atoms with Crippen molar-refractivity contribution in [1.29, 1.82) is 0 Å². The molecule has 3 rings (SSSR count). The van der Waals surface area contributed by atoms with Crippen molar-refractivity contribution >= 4 is 12.4 Å². The van der Waals surface area contributed by atoms with Crippen LogP contribution in [0.2, 0.25) is 0 Å². The van der Waals surface area contributed by atoms with Crippen LogP contribution in [0, 0.1) is 11.8 Å². The minimum Gasteiger partial charge on any atom is -0.494 e. The third-order valence-electron chi connectivity index (χ3n) is 6.44. The lowest BCUT2D eigenvalue weighted by Gasteiger charge is -2.43. The van der Waals surface area contributed by atoms with Gasteiger partial charge in [0.05, 0.1) is 25.4 Å². The van der Waals surface area contributed by atoms with Gasteiger partial charge in [-0.15, -0.1) is 12.4 Å². The van der Waals surface area contributed by atoms with E-state index >= 15 is 0 Å². The Hall–Kier alpha value is -1.59. The molecule has 2 unspecified atom stereocenters. The summed E-state index contributed by atoms with van der Waals surface area (Å²) in [6, 6.07) is 18.5. The molecule has 5 heteroatoms. The summed E-state index contributed by atoms with van der Waals surface area (Å²) in [5.74, 6) is 1.49. The highest BCUT2D eigenvalue weighted by Gasteiger charge is 2.43. The Bertz CT molecular complexity index is 775. The van der Waals surface area contributed by atoms with E-state index in [0.717, 1.165) is 57.2 Å². The van der Waals surface area contributed by atoms with E-state index in [0.29, 0.717) is 5.92 Å². The zero-order valence-corrected chi connectivity index (χ0v) is 20.8. The van der Waals surface area contributed by atoms with Crippen molar-refractivity contribution < 1.29 is 14.6 Å². The monoisotopic (exact) mass is 461 g/mol. The summed E-state index contributed by atoms with van der Waals surface area (Å²) in [5.41, 5.74) is 1.12. The normalized spacial score (nSPS) is 17.6. The fraction of sp³-hybridized carbons (Fsp3) is 0.556. The van der Waals surface area contributed by atoms with Gasteiger partial charge in [-0.3, -0.25) is 4.90 Å². The molecule has 0 aromatic heterocycles. The Morgan fingerprint density at radius 2 is 1.59 bits per heavy atom. The molecule has 2 atom stereocenters. The number of halogens is 1. The minimum absolute atomic E-state index is 0. The van der Waals surface area contributed by atoms with Gasteiger partial charge in [0.1, 0.15) is 5.75 Å². The molecule has 0 saturated carbocycles. The van der Waals surface area contributed by atoms with Crippen molar-refractivity contribution in [3.63, 3.8) is 0 Å². The maximum atomic E-state index is 12.2. The van der Waals surface area contributed by atoms with Crippen LogP contribution in [-0.2, 0) is 10.3 Å². The average Bonchev–Trinajstić information content (AvgIpc) is 2.78. The first kappa shape index (κ1) is 26.7. The van der Waals surface area contributed by atoms with E-state index in [1.807, 2.05) is 30.3 Å². The van der Waals surface area contributed by atoms with Crippen LogP contribution in [0.15, 0.2) is 54.6 Å². The van der Waals surface area contributed by atoms with Crippen LogP contribution in [0.3, 0.4) is 0 Å². The molecule has 0 bridgehead atoms. The van der Waals surface area contributed by atoms with Crippen molar-refractivity contribution in [2.75, 3.05) is 39.5 Å². The van der Waals surface area contributed by atoms with Gasteiger partial charge in [0, 0.05) is 25.6 Å². The second kappa shape index (κ2) is 12.6. The van der Waals surface area contributed by atoms with Gasteiger partial charge in [0.15, 0.2) is 0 Å². The molecule has 1 fully saturated rings. The maximum Gasteiger partial charge on any atom is 0.119 e. The smallest absolute Gasteiger partial charge is 0.119 e. The minimum atomic E-state index is -0.990. The molecule has 178 valence electrons. The molecule has 0 aliphatic carbocycles. The molecule has 1 aliphatic rings. The van der Waals surface area contributed by atoms with E-state index in [-0.39, 0.29) is 24.2 Å². The number of hydrogen-bond acceptors (Lipinski definition) is 4. The standard InChI is InChI=1S/C27H39NO3.ClH/c1-21(2)14-17-31-25-12-10-24(11-13-25)27(29,22(3)4)26(23-8-6-5-7-9-23)20-28-15-18-30-19-16-28;/h5-13,21-22,26,29H,14-20H2,1-4H3;1H. The van der Waals surface area contributed by atoms with E-state index in [4.69, 9.17) is 9.47 Å².